The molecule has 0 spiro atoms. The lowest BCUT2D eigenvalue weighted by molar-refractivity contribution is -0.220. The molecule has 0 bridgehead atoms. The minimum atomic E-state index is -4.25. The molecule has 0 amide bonds. The summed E-state index contributed by atoms with van der Waals surface area (Å²) < 4.78 is 19.7. The van der Waals surface area contributed by atoms with Gasteiger partial charge in [-0.05, 0) is 20.2 Å². The summed E-state index contributed by atoms with van der Waals surface area (Å²) in [6.07, 6.45) is 2.03. The summed E-state index contributed by atoms with van der Waals surface area (Å²) in [5.74, 6) is 0. The van der Waals surface area contributed by atoms with Crippen LogP contribution in [0.5, 0.6) is 0 Å². The minimum Gasteiger partial charge on any atom is -0.746 e. The van der Waals surface area contributed by atoms with Gasteiger partial charge in [-0.3, -0.25) is 4.57 Å². The monoisotopic (exact) mass is 224 g/mol. The summed E-state index contributed by atoms with van der Waals surface area (Å²) in [4.78, 5) is 12.7. The van der Waals surface area contributed by atoms with Crippen LogP contribution < -0.4 is 4.89 Å². The van der Waals surface area contributed by atoms with Crippen LogP contribution in [0.3, 0.4) is 0 Å². The van der Waals surface area contributed by atoms with E-state index in [4.69, 9.17) is 5.11 Å². The van der Waals surface area contributed by atoms with Gasteiger partial charge in [-0.2, -0.15) is 0 Å². The zero-order valence-corrected chi connectivity index (χ0v) is 9.15. The molecule has 0 aromatic heterocycles. The first-order chi connectivity index (χ1) is 6.48. The molecule has 0 radical (unpaired) electrons. The van der Waals surface area contributed by atoms with Gasteiger partial charge in [-0.15, -0.1) is 0 Å². The molecular weight excluding hydrogens is 209 g/mol. The Morgan fingerprint density at radius 1 is 1.57 bits per heavy atom. The maximum atomic E-state index is 10.9. The Morgan fingerprint density at radius 3 is 2.71 bits per heavy atom. The third-order valence-corrected chi connectivity index (χ3v) is 2.06. The molecule has 0 fully saturated rings. The number of likely N-dealkylation sites (N-methyl/N-ethyl adjacent to an activating group) is 1. The first-order valence-electron chi connectivity index (χ1n) is 4.02. The second-order valence-electron chi connectivity index (χ2n) is 2.74. The Bertz CT molecular complexity index is 218. The minimum absolute atomic E-state index is 0.0424. The number of phosphoric ester groups is 1. The maximum absolute atomic E-state index is 10.9. The van der Waals surface area contributed by atoms with Crippen LogP contribution in [-0.4, -0.2) is 43.9 Å². The molecule has 7 heteroatoms. The van der Waals surface area contributed by atoms with Crippen molar-refractivity contribution >= 4 is 7.82 Å². The summed E-state index contributed by atoms with van der Waals surface area (Å²) >= 11 is 0. The molecule has 0 heterocycles. The largest absolute Gasteiger partial charge is 0.746 e. The lowest BCUT2D eigenvalue weighted by Gasteiger charge is -2.21. The van der Waals surface area contributed by atoms with Crippen LogP contribution in [0.4, 0.5) is 0 Å². The molecule has 0 saturated heterocycles. The van der Waals surface area contributed by atoms with Crippen LogP contribution in [0, 0.1) is 0 Å². The highest BCUT2D eigenvalue weighted by molar-refractivity contribution is 7.45. The lowest BCUT2D eigenvalue weighted by atomic mass is 10.6. The highest BCUT2D eigenvalue weighted by Crippen LogP contribution is 2.38. The van der Waals surface area contributed by atoms with Crippen LogP contribution in [0.1, 0.15) is 0 Å². The molecule has 1 N–H and O–H groups in total. The number of rotatable bonds is 7. The van der Waals surface area contributed by atoms with Gasteiger partial charge in [-0.25, -0.2) is 0 Å². The molecule has 0 aromatic carbocycles. The standard InChI is InChI=1S/C7H16NO5P/c1-8(2)4-7-13-14(10,11)12-6-3-5-9/h3,6,9H,4-5,7H2,1-2H3,(H,10,11)/p-1/b6-3+. The summed E-state index contributed by atoms with van der Waals surface area (Å²) in [5, 5.41) is 8.31. The van der Waals surface area contributed by atoms with Crippen LogP contribution >= 0.6 is 7.82 Å². The molecule has 6 nitrogen and oxygen atoms in total. The van der Waals surface area contributed by atoms with E-state index in [9.17, 15) is 9.46 Å². The number of aliphatic hydroxyl groups is 1. The first kappa shape index (κ1) is 13.6. The zero-order valence-electron chi connectivity index (χ0n) is 8.25. The topological polar surface area (TPSA) is 82.1 Å². The average Bonchev–Trinajstić information content (AvgIpc) is 2.03. The predicted molar refractivity (Wildman–Crippen MR) is 49.4 cm³/mol. The van der Waals surface area contributed by atoms with Crippen molar-refractivity contribution in [1.29, 1.82) is 0 Å². The van der Waals surface area contributed by atoms with Crippen LogP contribution in [0.25, 0.3) is 0 Å². The van der Waals surface area contributed by atoms with E-state index in [1.54, 1.807) is 19.0 Å². The number of phosphoric acid groups is 1. The Kier molecular flexibility index (Phi) is 6.78. The van der Waals surface area contributed by atoms with Gasteiger partial charge in [0.2, 0.25) is 0 Å². The van der Waals surface area contributed by atoms with Crippen LogP contribution in [0.15, 0.2) is 12.3 Å². The van der Waals surface area contributed by atoms with E-state index in [-0.39, 0.29) is 13.2 Å². The predicted octanol–water partition coefficient (Wildman–Crippen LogP) is -0.444. The Hall–Kier alpha value is -0.390. The van der Waals surface area contributed by atoms with E-state index in [1.165, 1.54) is 0 Å². The quantitative estimate of drug-likeness (QED) is 0.466. The van der Waals surface area contributed by atoms with Crippen molar-refractivity contribution in [3.63, 3.8) is 0 Å². The van der Waals surface area contributed by atoms with E-state index in [0.717, 1.165) is 12.3 Å². The van der Waals surface area contributed by atoms with Crippen molar-refractivity contribution in [3.05, 3.63) is 12.3 Å². The molecule has 0 rings (SSSR count). The van der Waals surface area contributed by atoms with Gasteiger partial charge in [0.05, 0.1) is 19.5 Å². The van der Waals surface area contributed by atoms with Gasteiger partial charge in [0, 0.05) is 6.54 Å². The number of hydrogen-bond acceptors (Lipinski definition) is 6. The van der Waals surface area contributed by atoms with Crippen LogP contribution in [0.2, 0.25) is 0 Å². The number of nitrogens with zero attached hydrogens (tertiary/aromatic N) is 1. The average molecular weight is 224 g/mol. The molecule has 1 unspecified atom stereocenters. The van der Waals surface area contributed by atoms with Crippen molar-refractivity contribution < 1.29 is 23.6 Å². The van der Waals surface area contributed by atoms with E-state index in [2.05, 4.69) is 9.05 Å². The smallest absolute Gasteiger partial charge is 0.319 e. The molecule has 1 atom stereocenters. The summed E-state index contributed by atoms with van der Waals surface area (Å²) in [5.41, 5.74) is 0. The van der Waals surface area contributed by atoms with Crippen molar-refractivity contribution in [2.45, 2.75) is 0 Å². The molecule has 14 heavy (non-hydrogen) atoms. The zero-order chi connectivity index (χ0) is 11.0. The fourth-order valence-electron chi connectivity index (χ4n) is 0.526. The van der Waals surface area contributed by atoms with E-state index < -0.39 is 7.82 Å². The molecule has 0 aliphatic heterocycles. The fourth-order valence-corrected chi connectivity index (χ4v) is 1.13. The number of hydrogen-bond donors (Lipinski definition) is 1. The number of aliphatic hydroxyl groups excluding tert-OH is 1. The summed E-state index contributed by atoms with van der Waals surface area (Å²) in [6.45, 7) is 0.248. The van der Waals surface area contributed by atoms with E-state index in [0.29, 0.717) is 6.54 Å². The molecular formula is C7H15NO5P-. The third kappa shape index (κ3) is 8.22. The van der Waals surface area contributed by atoms with Gasteiger partial charge in [0.25, 0.3) is 0 Å². The SMILES string of the molecule is CN(C)CCOP(=O)([O-])O/C=C/CO. The highest BCUT2D eigenvalue weighted by atomic mass is 31.2. The second kappa shape index (κ2) is 6.98. The van der Waals surface area contributed by atoms with E-state index >= 15 is 0 Å². The van der Waals surface area contributed by atoms with Gasteiger partial charge < -0.3 is 23.9 Å². The Morgan fingerprint density at radius 2 is 2.21 bits per heavy atom. The molecule has 0 aliphatic rings. The van der Waals surface area contributed by atoms with Crippen molar-refractivity contribution in [1.82, 2.24) is 4.90 Å². The van der Waals surface area contributed by atoms with Crippen molar-refractivity contribution in [2.75, 3.05) is 33.9 Å². The summed E-state index contributed by atoms with van der Waals surface area (Å²) in [6, 6.07) is 0. The van der Waals surface area contributed by atoms with Gasteiger partial charge >= 0.3 is 7.82 Å². The normalized spacial score (nSPS) is 16.1. The van der Waals surface area contributed by atoms with Gasteiger partial charge in [0.15, 0.2) is 0 Å². The Labute approximate surface area is 83.4 Å². The van der Waals surface area contributed by atoms with Gasteiger partial charge in [-0.1, -0.05) is 0 Å². The van der Waals surface area contributed by atoms with E-state index in [1.807, 2.05) is 0 Å². The van der Waals surface area contributed by atoms with Crippen LogP contribution in [-0.2, 0) is 13.6 Å². The molecule has 0 saturated carbocycles. The fraction of sp³-hybridized carbons (Fsp3) is 0.714. The van der Waals surface area contributed by atoms with Gasteiger partial charge in [0.1, 0.15) is 0 Å². The second-order valence-corrected chi connectivity index (χ2v) is 4.11. The molecule has 84 valence electrons. The molecule has 0 aliphatic carbocycles. The van der Waals surface area contributed by atoms with Crippen molar-refractivity contribution in [3.8, 4) is 0 Å². The third-order valence-electron chi connectivity index (χ3n) is 1.18. The highest BCUT2D eigenvalue weighted by Gasteiger charge is 2.07. The van der Waals surface area contributed by atoms with Crippen molar-refractivity contribution in [2.24, 2.45) is 0 Å². The first-order valence-corrected chi connectivity index (χ1v) is 5.48. The maximum Gasteiger partial charge on any atom is 0.319 e. The Balaban J connectivity index is 3.72. The summed E-state index contributed by atoms with van der Waals surface area (Å²) in [7, 11) is -0.659. The molecule has 0 aromatic rings. The lowest BCUT2D eigenvalue weighted by Crippen LogP contribution is -2.19.